The Morgan fingerprint density at radius 2 is 2.50 bits per heavy atom. The molecular weight excluding hydrogens is 152 g/mol. The third-order valence-corrected chi connectivity index (χ3v) is 2.50. The van der Waals surface area contributed by atoms with Crippen LogP contribution in [0.1, 0.15) is 26.2 Å². The monoisotopic (exact) mass is 172 g/mol. The van der Waals surface area contributed by atoms with Crippen LogP contribution >= 0.6 is 0 Å². The summed E-state index contributed by atoms with van der Waals surface area (Å²) in [7, 11) is 0. The van der Waals surface area contributed by atoms with Crippen molar-refractivity contribution in [1.82, 2.24) is 10.6 Å². The van der Waals surface area contributed by atoms with Gasteiger partial charge in [-0.05, 0) is 25.8 Å². The van der Waals surface area contributed by atoms with Gasteiger partial charge in [0.15, 0.2) is 0 Å². The summed E-state index contributed by atoms with van der Waals surface area (Å²) < 4.78 is 0. The van der Waals surface area contributed by atoms with Gasteiger partial charge >= 0.3 is 0 Å². The minimum absolute atomic E-state index is 0.297. The molecule has 1 fully saturated rings. The van der Waals surface area contributed by atoms with Crippen molar-refractivity contribution in [2.24, 2.45) is 0 Å². The van der Waals surface area contributed by atoms with Gasteiger partial charge in [0, 0.05) is 25.2 Å². The molecule has 3 nitrogen and oxygen atoms in total. The number of aliphatic hydroxyl groups is 1. The topological polar surface area (TPSA) is 44.3 Å². The van der Waals surface area contributed by atoms with Gasteiger partial charge in [-0.2, -0.15) is 0 Å². The lowest BCUT2D eigenvalue weighted by Gasteiger charge is -2.20. The van der Waals surface area contributed by atoms with Gasteiger partial charge in [-0.15, -0.1) is 0 Å². The summed E-state index contributed by atoms with van der Waals surface area (Å²) in [6, 6.07) is 1.13. The molecule has 2 atom stereocenters. The lowest BCUT2D eigenvalue weighted by Crippen LogP contribution is -2.39. The largest absolute Gasteiger partial charge is 0.396 e. The molecule has 0 aromatic rings. The Balaban J connectivity index is 2.16. The maximum Gasteiger partial charge on any atom is 0.0445 e. The quantitative estimate of drug-likeness (QED) is 0.551. The zero-order valence-electron chi connectivity index (χ0n) is 7.84. The van der Waals surface area contributed by atoms with E-state index in [0.29, 0.717) is 18.7 Å². The highest BCUT2D eigenvalue weighted by Crippen LogP contribution is 2.03. The number of hydrogen-bond donors (Lipinski definition) is 3. The number of rotatable bonds is 5. The SMILES string of the molecule is CCC(CCO)NC1CCNC1. The predicted octanol–water partition coefficient (Wildman–Crippen LogP) is 0.0989. The zero-order valence-corrected chi connectivity index (χ0v) is 7.84. The number of aliphatic hydroxyl groups excluding tert-OH is 1. The fraction of sp³-hybridized carbons (Fsp3) is 1.00. The number of nitrogens with one attached hydrogen (secondary N) is 2. The van der Waals surface area contributed by atoms with Crippen LogP contribution in [0, 0.1) is 0 Å². The lowest BCUT2D eigenvalue weighted by molar-refractivity contribution is 0.256. The van der Waals surface area contributed by atoms with E-state index in [4.69, 9.17) is 5.11 Å². The van der Waals surface area contributed by atoms with E-state index in [1.54, 1.807) is 0 Å². The summed E-state index contributed by atoms with van der Waals surface area (Å²) in [5.74, 6) is 0. The summed E-state index contributed by atoms with van der Waals surface area (Å²) in [5.41, 5.74) is 0. The summed E-state index contributed by atoms with van der Waals surface area (Å²) in [6.45, 7) is 4.68. The van der Waals surface area contributed by atoms with Gasteiger partial charge in [0.05, 0.1) is 0 Å². The highest BCUT2D eigenvalue weighted by Gasteiger charge is 2.16. The third kappa shape index (κ3) is 3.09. The van der Waals surface area contributed by atoms with Crippen LogP contribution < -0.4 is 10.6 Å². The van der Waals surface area contributed by atoms with E-state index in [-0.39, 0.29) is 0 Å². The molecule has 3 heteroatoms. The van der Waals surface area contributed by atoms with E-state index in [9.17, 15) is 0 Å². The first-order chi connectivity index (χ1) is 5.86. The second-order valence-corrected chi connectivity index (χ2v) is 3.47. The van der Waals surface area contributed by atoms with Gasteiger partial charge < -0.3 is 15.7 Å². The Kier molecular flexibility index (Phi) is 4.58. The molecule has 1 rings (SSSR count). The Hall–Kier alpha value is -0.120. The first-order valence-corrected chi connectivity index (χ1v) is 4.94. The molecule has 1 heterocycles. The average molecular weight is 172 g/mol. The second-order valence-electron chi connectivity index (χ2n) is 3.47. The molecule has 2 unspecified atom stereocenters. The molecule has 0 bridgehead atoms. The normalized spacial score (nSPS) is 26.0. The minimum Gasteiger partial charge on any atom is -0.396 e. The van der Waals surface area contributed by atoms with E-state index in [0.717, 1.165) is 25.9 Å². The molecule has 0 amide bonds. The molecule has 1 saturated heterocycles. The smallest absolute Gasteiger partial charge is 0.0445 e. The molecular formula is C9H20N2O. The minimum atomic E-state index is 0.297. The third-order valence-electron chi connectivity index (χ3n) is 2.50. The molecule has 3 N–H and O–H groups in total. The van der Waals surface area contributed by atoms with Crippen molar-refractivity contribution in [1.29, 1.82) is 0 Å². The molecule has 0 spiro atoms. The van der Waals surface area contributed by atoms with Crippen LogP contribution in [0.25, 0.3) is 0 Å². The highest BCUT2D eigenvalue weighted by atomic mass is 16.3. The van der Waals surface area contributed by atoms with E-state index in [1.165, 1.54) is 6.42 Å². The van der Waals surface area contributed by atoms with Crippen LogP contribution in [-0.4, -0.2) is 36.9 Å². The van der Waals surface area contributed by atoms with Gasteiger partial charge in [0.25, 0.3) is 0 Å². The Labute approximate surface area is 74.5 Å². The molecule has 1 aliphatic heterocycles. The fourth-order valence-corrected chi connectivity index (χ4v) is 1.69. The van der Waals surface area contributed by atoms with Crippen LogP contribution in [0.2, 0.25) is 0 Å². The van der Waals surface area contributed by atoms with Gasteiger partial charge in [0.1, 0.15) is 0 Å². The number of hydrogen-bond acceptors (Lipinski definition) is 3. The molecule has 0 aromatic carbocycles. The molecule has 72 valence electrons. The Bertz CT molecular complexity index is 113. The van der Waals surface area contributed by atoms with Crippen LogP contribution in [-0.2, 0) is 0 Å². The van der Waals surface area contributed by atoms with Gasteiger partial charge in [-0.1, -0.05) is 6.92 Å². The average Bonchev–Trinajstić information content (AvgIpc) is 2.56. The molecule has 0 aromatic heterocycles. The predicted molar refractivity (Wildman–Crippen MR) is 50.2 cm³/mol. The fourth-order valence-electron chi connectivity index (χ4n) is 1.69. The second kappa shape index (κ2) is 5.51. The van der Waals surface area contributed by atoms with Crippen LogP contribution in [0.4, 0.5) is 0 Å². The van der Waals surface area contributed by atoms with Gasteiger partial charge in [-0.25, -0.2) is 0 Å². The maximum absolute atomic E-state index is 8.79. The van der Waals surface area contributed by atoms with Crippen LogP contribution in [0.3, 0.4) is 0 Å². The van der Waals surface area contributed by atoms with E-state index in [2.05, 4.69) is 17.6 Å². The lowest BCUT2D eigenvalue weighted by atomic mass is 10.1. The molecule has 12 heavy (non-hydrogen) atoms. The summed E-state index contributed by atoms with van der Waals surface area (Å²) in [6.07, 6.45) is 3.21. The van der Waals surface area contributed by atoms with Crippen molar-refractivity contribution in [2.45, 2.75) is 38.3 Å². The van der Waals surface area contributed by atoms with Crippen molar-refractivity contribution < 1.29 is 5.11 Å². The van der Waals surface area contributed by atoms with E-state index in [1.807, 2.05) is 0 Å². The first kappa shape index (κ1) is 9.96. The first-order valence-electron chi connectivity index (χ1n) is 4.94. The standard InChI is InChI=1S/C9H20N2O/c1-2-8(4-6-12)11-9-3-5-10-7-9/h8-12H,2-7H2,1H3. The highest BCUT2D eigenvalue weighted by molar-refractivity contribution is 4.80. The summed E-state index contributed by atoms with van der Waals surface area (Å²) in [5, 5.41) is 15.6. The molecule has 1 aliphatic rings. The van der Waals surface area contributed by atoms with E-state index >= 15 is 0 Å². The van der Waals surface area contributed by atoms with Crippen LogP contribution in [0.5, 0.6) is 0 Å². The maximum atomic E-state index is 8.79. The molecule has 0 aliphatic carbocycles. The van der Waals surface area contributed by atoms with E-state index < -0.39 is 0 Å². The van der Waals surface area contributed by atoms with Crippen molar-refractivity contribution in [3.63, 3.8) is 0 Å². The molecule has 0 radical (unpaired) electrons. The van der Waals surface area contributed by atoms with Crippen molar-refractivity contribution in [3.8, 4) is 0 Å². The Morgan fingerprint density at radius 3 is 3.00 bits per heavy atom. The van der Waals surface area contributed by atoms with Crippen molar-refractivity contribution >= 4 is 0 Å². The van der Waals surface area contributed by atoms with Crippen molar-refractivity contribution in [3.05, 3.63) is 0 Å². The van der Waals surface area contributed by atoms with Gasteiger partial charge in [-0.3, -0.25) is 0 Å². The molecule has 0 saturated carbocycles. The van der Waals surface area contributed by atoms with Gasteiger partial charge in [0.2, 0.25) is 0 Å². The van der Waals surface area contributed by atoms with Crippen LogP contribution in [0.15, 0.2) is 0 Å². The summed E-state index contributed by atoms with van der Waals surface area (Å²) in [4.78, 5) is 0. The Morgan fingerprint density at radius 1 is 1.67 bits per heavy atom. The van der Waals surface area contributed by atoms with Crippen molar-refractivity contribution in [2.75, 3.05) is 19.7 Å². The summed E-state index contributed by atoms with van der Waals surface area (Å²) >= 11 is 0. The zero-order chi connectivity index (χ0) is 8.81.